The number of benzene rings is 2. The molecule has 4 rings (SSSR count). The summed E-state index contributed by atoms with van der Waals surface area (Å²) >= 11 is 0. The Morgan fingerprint density at radius 2 is 1.88 bits per heavy atom. The van der Waals surface area contributed by atoms with Crippen molar-refractivity contribution in [1.82, 2.24) is 14.9 Å². The monoisotopic (exact) mass is 335 g/mol. The van der Waals surface area contributed by atoms with Crippen LogP contribution in [0.5, 0.6) is 5.75 Å². The van der Waals surface area contributed by atoms with Gasteiger partial charge in [0.1, 0.15) is 11.6 Å². The van der Waals surface area contributed by atoms with Crippen molar-refractivity contribution in [1.29, 1.82) is 0 Å². The molecule has 2 aromatic carbocycles. The number of piperidine rings is 1. The summed E-state index contributed by atoms with van der Waals surface area (Å²) in [6, 6.07) is 13.9. The van der Waals surface area contributed by atoms with E-state index in [-0.39, 0.29) is 0 Å². The second kappa shape index (κ2) is 6.89. The molecule has 1 saturated heterocycles. The van der Waals surface area contributed by atoms with E-state index in [4.69, 9.17) is 4.98 Å². The Labute approximate surface area is 148 Å². The maximum absolute atomic E-state index is 9.36. The first-order valence-corrected chi connectivity index (χ1v) is 9.14. The van der Waals surface area contributed by atoms with E-state index in [0.29, 0.717) is 11.7 Å². The molecule has 4 heteroatoms. The summed E-state index contributed by atoms with van der Waals surface area (Å²) < 4.78 is 0. The standard InChI is InChI=1S/C21H25N3O/c1-15-3-2-4-19-20(15)23-21(22-19)17-10-13-24(14-11-17)12-9-16-5-7-18(25)8-6-16/h2-8,17,25H,9-14H2,1H3,(H,22,23). The van der Waals surface area contributed by atoms with Crippen molar-refractivity contribution in [2.24, 2.45) is 0 Å². The summed E-state index contributed by atoms with van der Waals surface area (Å²) in [6.07, 6.45) is 3.36. The molecule has 0 radical (unpaired) electrons. The van der Waals surface area contributed by atoms with Crippen molar-refractivity contribution in [3.05, 3.63) is 59.4 Å². The largest absolute Gasteiger partial charge is 0.508 e. The van der Waals surface area contributed by atoms with Crippen molar-refractivity contribution in [3.8, 4) is 5.75 Å². The highest BCUT2D eigenvalue weighted by molar-refractivity contribution is 5.78. The van der Waals surface area contributed by atoms with Crippen LogP contribution in [0, 0.1) is 6.92 Å². The number of hydrogen-bond donors (Lipinski definition) is 2. The van der Waals surface area contributed by atoms with Crippen molar-refractivity contribution in [2.75, 3.05) is 19.6 Å². The lowest BCUT2D eigenvalue weighted by molar-refractivity contribution is 0.212. The minimum absolute atomic E-state index is 0.339. The highest BCUT2D eigenvalue weighted by Gasteiger charge is 2.23. The van der Waals surface area contributed by atoms with Gasteiger partial charge in [-0.05, 0) is 68.6 Å². The summed E-state index contributed by atoms with van der Waals surface area (Å²) in [6.45, 7) is 5.45. The number of aromatic nitrogens is 2. The van der Waals surface area contributed by atoms with Crippen LogP contribution in [0.4, 0.5) is 0 Å². The molecule has 0 spiro atoms. The lowest BCUT2D eigenvalue weighted by atomic mass is 9.96. The van der Waals surface area contributed by atoms with Gasteiger partial charge in [-0.2, -0.15) is 0 Å². The van der Waals surface area contributed by atoms with Crippen LogP contribution in [0.15, 0.2) is 42.5 Å². The topological polar surface area (TPSA) is 52.2 Å². The first-order valence-electron chi connectivity index (χ1n) is 9.14. The Balaban J connectivity index is 1.34. The Hall–Kier alpha value is -2.33. The number of nitrogens with one attached hydrogen (secondary N) is 1. The van der Waals surface area contributed by atoms with Crippen molar-refractivity contribution < 1.29 is 5.11 Å². The molecule has 25 heavy (non-hydrogen) atoms. The molecule has 0 atom stereocenters. The number of nitrogens with zero attached hydrogens (tertiary/aromatic N) is 2. The van der Waals surface area contributed by atoms with E-state index >= 15 is 0 Å². The van der Waals surface area contributed by atoms with E-state index in [1.165, 1.54) is 11.1 Å². The second-order valence-corrected chi connectivity index (χ2v) is 7.13. The quantitative estimate of drug-likeness (QED) is 0.758. The number of phenols is 1. The number of H-pyrrole nitrogens is 1. The van der Waals surface area contributed by atoms with Gasteiger partial charge in [0.2, 0.25) is 0 Å². The van der Waals surface area contributed by atoms with Gasteiger partial charge in [-0.1, -0.05) is 24.3 Å². The third-order valence-electron chi connectivity index (χ3n) is 5.36. The molecule has 1 fully saturated rings. The van der Waals surface area contributed by atoms with E-state index < -0.39 is 0 Å². The van der Waals surface area contributed by atoms with Crippen molar-refractivity contribution >= 4 is 11.0 Å². The molecule has 4 nitrogen and oxygen atoms in total. The zero-order valence-electron chi connectivity index (χ0n) is 14.7. The lowest BCUT2D eigenvalue weighted by Gasteiger charge is -2.31. The number of aryl methyl sites for hydroxylation is 1. The predicted octanol–water partition coefficient (Wildman–Crippen LogP) is 4.00. The Kier molecular flexibility index (Phi) is 4.45. The maximum Gasteiger partial charge on any atom is 0.115 e. The summed E-state index contributed by atoms with van der Waals surface area (Å²) in [5.74, 6) is 2.03. The second-order valence-electron chi connectivity index (χ2n) is 7.13. The number of rotatable bonds is 4. The molecule has 0 aliphatic carbocycles. The zero-order valence-corrected chi connectivity index (χ0v) is 14.7. The number of fused-ring (bicyclic) bond motifs is 1. The van der Waals surface area contributed by atoms with Crippen molar-refractivity contribution in [2.45, 2.75) is 32.1 Å². The van der Waals surface area contributed by atoms with E-state index in [1.807, 2.05) is 12.1 Å². The van der Waals surface area contributed by atoms with Gasteiger partial charge >= 0.3 is 0 Å². The van der Waals surface area contributed by atoms with Gasteiger partial charge in [-0.3, -0.25) is 0 Å². The lowest BCUT2D eigenvalue weighted by Crippen LogP contribution is -2.34. The minimum atomic E-state index is 0.339. The SMILES string of the molecule is Cc1cccc2[nH]c(C3CCN(CCc4ccc(O)cc4)CC3)nc12. The maximum atomic E-state index is 9.36. The van der Waals surface area contributed by atoms with Crippen LogP contribution in [-0.2, 0) is 6.42 Å². The molecule has 0 saturated carbocycles. The van der Waals surface area contributed by atoms with Crippen LogP contribution in [-0.4, -0.2) is 39.6 Å². The minimum Gasteiger partial charge on any atom is -0.508 e. The zero-order chi connectivity index (χ0) is 17.2. The third kappa shape index (κ3) is 3.54. The average molecular weight is 335 g/mol. The van der Waals surface area contributed by atoms with Gasteiger partial charge in [0.15, 0.2) is 0 Å². The molecule has 0 amide bonds. The van der Waals surface area contributed by atoms with Crippen LogP contribution in [0.25, 0.3) is 11.0 Å². The molecular weight excluding hydrogens is 310 g/mol. The molecule has 1 aliphatic heterocycles. The first kappa shape index (κ1) is 16.2. The van der Waals surface area contributed by atoms with E-state index in [2.05, 4.69) is 35.0 Å². The molecule has 0 bridgehead atoms. The number of para-hydroxylation sites is 1. The number of imidazole rings is 1. The number of aromatic hydroxyl groups is 1. The van der Waals surface area contributed by atoms with E-state index in [0.717, 1.165) is 55.8 Å². The van der Waals surface area contributed by atoms with Gasteiger partial charge in [-0.25, -0.2) is 4.98 Å². The normalized spacial score (nSPS) is 16.5. The fraction of sp³-hybridized carbons (Fsp3) is 0.381. The predicted molar refractivity (Wildman–Crippen MR) is 101 cm³/mol. The smallest absolute Gasteiger partial charge is 0.115 e. The third-order valence-corrected chi connectivity index (χ3v) is 5.36. The Morgan fingerprint density at radius 1 is 1.12 bits per heavy atom. The van der Waals surface area contributed by atoms with E-state index in [9.17, 15) is 5.11 Å². The van der Waals surface area contributed by atoms with Crippen LogP contribution >= 0.6 is 0 Å². The average Bonchev–Trinajstić information content (AvgIpc) is 3.07. The van der Waals surface area contributed by atoms with Crippen LogP contribution < -0.4 is 0 Å². The molecule has 1 aromatic heterocycles. The number of phenolic OH excluding ortho intramolecular Hbond substituents is 1. The molecule has 1 aliphatic rings. The van der Waals surface area contributed by atoms with Gasteiger partial charge in [-0.15, -0.1) is 0 Å². The highest BCUT2D eigenvalue weighted by atomic mass is 16.3. The van der Waals surface area contributed by atoms with Crippen LogP contribution in [0.3, 0.4) is 0 Å². The van der Waals surface area contributed by atoms with Crippen molar-refractivity contribution in [3.63, 3.8) is 0 Å². The van der Waals surface area contributed by atoms with Gasteiger partial charge in [0, 0.05) is 12.5 Å². The van der Waals surface area contributed by atoms with E-state index in [1.54, 1.807) is 12.1 Å². The number of hydrogen-bond acceptors (Lipinski definition) is 3. The summed E-state index contributed by atoms with van der Waals surface area (Å²) in [4.78, 5) is 10.9. The van der Waals surface area contributed by atoms with Gasteiger partial charge in [0.25, 0.3) is 0 Å². The fourth-order valence-electron chi connectivity index (χ4n) is 3.77. The Morgan fingerprint density at radius 3 is 2.60 bits per heavy atom. The highest BCUT2D eigenvalue weighted by Crippen LogP contribution is 2.28. The summed E-state index contributed by atoms with van der Waals surface area (Å²) in [5.41, 5.74) is 4.80. The number of likely N-dealkylation sites (tertiary alicyclic amines) is 1. The summed E-state index contributed by atoms with van der Waals surface area (Å²) in [5, 5.41) is 9.36. The van der Waals surface area contributed by atoms with Crippen LogP contribution in [0.1, 0.15) is 35.7 Å². The molecule has 3 aromatic rings. The Bertz CT molecular complexity index is 845. The molecular formula is C21H25N3O. The van der Waals surface area contributed by atoms with Gasteiger partial charge < -0.3 is 15.0 Å². The molecule has 130 valence electrons. The fourth-order valence-corrected chi connectivity index (χ4v) is 3.77. The molecule has 0 unspecified atom stereocenters. The van der Waals surface area contributed by atoms with Crippen LogP contribution in [0.2, 0.25) is 0 Å². The summed E-state index contributed by atoms with van der Waals surface area (Å²) in [7, 11) is 0. The molecule has 2 N–H and O–H groups in total. The number of aromatic amines is 1. The molecule has 2 heterocycles. The first-order chi connectivity index (χ1) is 12.2. The van der Waals surface area contributed by atoms with Gasteiger partial charge in [0.05, 0.1) is 11.0 Å².